The van der Waals surface area contributed by atoms with Crippen molar-refractivity contribution in [1.82, 2.24) is 4.72 Å². The molecule has 0 aliphatic heterocycles. The van der Waals surface area contributed by atoms with Crippen LogP contribution in [0, 0.1) is 5.82 Å². The van der Waals surface area contributed by atoms with Gasteiger partial charge in [-0.25, -0.2) is 22.3 Å². The number of urea groups is 1. The number of carbonyl (C=O) groups excluding carboxylic acids is 1. The molecule has 160 valence electrons. The smallest absolute Gasteiger partial charge is 0.333 e. The van der Waals surface area contributed by atoms with E-state index in [-0.39, 0.29) is 10.7 Å². The summed E-state index contributed by atoms with van der Waals surface area (Å²) in [5.74, 6) is -0.152. The average molecular weight is 433 g/mol. The summed E-state index contributed by atoms with van der Waals surface area (Å²) in [6.07, 6.45) is 4.24. The van der Waals surface area contributed by atoms with E-state index in [0.29, 0.717) is 48.1 Å². The highest BCUT2D eigenvalue weighted by Gasteiger charge is 2.30. The molecule has 2 aromatic carbocycles. The van der Waals surface area contributed by atoms with Gasteiger partial charge in [0.1, 0.15) is 5.82 Å². The van der Waals surface area contributed by atoms with Gasteiger partial charge in [0, 0.05) is 5.69 Å². The SMILES string of the molecule is CC(C)(O)c1ccc(S(=O)(=O)NC(=O)Nc2c3c(c(F)c4c2CCC4)CCC3)cc1. The van der Waals surface area contributed by atoms with Crippen molar-refractivity contribution in [2.75, 3.05) is 5.32 Å². The van der Waals surface area contributed by atoms with E-state index in [2.05, 4.69) is 5.32 Å². The number of nitrogens with one attached hydrogen (secondary N) is 2. The van der Waals surface area contributed by atoms with Gasteiger partial charge in [-0.3, -0.25) is 0 Å². The molecule has 2 aliphatic rings. The third-order valence-electron chi connectivity index (χ3n) is 5.91. The molecule has 0 saturated carbocycles. The van der Waals surface area contributed by atoms with E-state index >= 15 is 0 Å². The molecule has 8 heteroatoms. The molecular weight excluding hydrogens is 407 g/mol. The zero-order valence-electron chi connectivity index (χ0n) is 17.0. The molecule has 0 heterocycles. The highest BCUT2D eigenvalue weighted by Crippen LogP contribution is 2.40. The lowest BCUT2D eigenvalue weighted by molar-refractivity contribution is 0.0785. The van der Waals surface area contributed by atoms with Gasteiger partial charge in [0.2, 0.25) is 0 Å². The molecule has 4 rings (SSSR count). The first kappa shape index (κ1) is 20.8. The Morgan fingerprint density at radius 1 is 0.967 bits per heavy atom. The van der Waals surface area contributed by atoms with Crippen molar-refractivity contribution in [3.63, 3.8) is 0 Å². The summed E-state index contributed by atoms with van der Waals surface area (Å²) >= 11 is 0. The fraction of sp³-hybridized carbons (Fsp3) is 0.409. The Labute approximate surface area is 175 Å². The number of rotatable bonds is 4. The minimum atomic E-state index is -4.10. The number of halogens is 1. The number of aliphatic hydroxyl groups is 1. The molecular formula is C22H25FN2O4S. The molecule has 0 atom stereocenters. The lowest BCUT2D eigenvalue weighted by Crippen LogP contribution is -2.35. The van der Waals surface area contributed by atoms with Crippen LogP contribution in [0.1, 0.15) is 54.5 Å². The lowest BCUT2D eigenvalue weighted by Gasteiger charge is -2.19. The standard InChI is InChI=1S/C22H25FN2O4S/c1-22(2,27)13-9-11-14(12-10-13)30(28,29)25-21(26)24-20-17-7-3-5-15(17)19(23)16-6-4-8-18(16)20/h9-12,27H,3-8H2,1-2H3,(H2,24,25,26). The van der Waals surface area contributed by atoms with E-state index in [1.165, 1.54) is 24.3 Å². The second-order valence-electron chi connectivity index (χ2n) is 8.45. The first-order valence-corrected chi connectivity index (χ1v) is 11.6. The zero-order chi connectivity index (χ0) is 21.7. The van der Waals surface area contributed by atoms with Crippen molar-refractivity contribution in [2.45, 2.75) is 62.9 Å². The summed E-state index contributed by atoms with van der Waals surface area (Å²) in [5.41, 5.74) is 2.90. The molecule has 0 bridgehead atoms. The molecule has 0 radical (unpaired) electrons. The predicted octanol–water partition coefficient (Wildman–Crippen LogP) is 3.54. The van der Waals surface area contributed by atoms with Crippen LogP contribution in [0.3, 0.4) is 0 Å². The summed E-state index contributed by atoms with van der Waals surface area (Å²) in [7, 11) is -4.10. The molecule has 0 fully saturated rings. The Balaban J connectivity index is 1.57. The highest BCUT2D eigenvalue weighted by atomic mass is 32.2. The second-order valence-corrected chi connectivity index (χ2v) is 10.1. The number of fused-ring (bicyclic) bond motifs is 2. The monoisotopic (exact) mass is 432 g/mol. The van der Waals surface area contributed by atoms with E-state index < -0.39 is 21.7 Å². The van der Waals surface area contributed by atoms with Crippen molar-refractivity contribution in [3.05, 3.63) is 57.9 Å². The molecule has 30 heavy (non-hydrogen) atoms. The normalized spacial score (nSPS) is 15.6. The first-order chi connectivity index (χ1) is 14.1. The second kappa shape index (κ2) is 7.35. The quantitative estimate of drug-likeness (QED) is 0.689. The van der Waals surface area contributed by atoms with Crippen molar-refractivity contribution >= 4 is 21.7 Å². The number of anilines is 1. The van der Waals surface area contributed by atoms with Crippen LogP contribution >= 0.6 is 0 Å². The van der Waals surface area contributed by atoms with Gasteiger partial charge in [-0.15, -0.1) is 0 Å². The third kappa shape index (κ3) is 3.70. The van der Waals surface area contributed by atoms with Crippen molar-refractivity contribution in [1.29, 1.82) is 0 Å². The van der Waals surface area contributed by atoms with E-state index in [0.717, 1.165) is 24.0 Å². The molecule has 0 aromatic heterocycles. The van der Waals surface area contributed by atoms with Gasteiger partial charge in [-0.2, -0.15) is 0 Å². The Morgan fingerprint density at radius 2 is 1.47 bits per heavy atom. The van der Waals surface area contributed by atoms with Crippen molar-refractivity contribution in [3.8, 4) is 0 Å². The minimum Gasteiger partial charge on any atom is -0.386 e. The number of benzene rings is 2. The van der Waals surface area contributed by atoms with Crippen LogP contribution in [0.5, 0.6) is 0 Å². The molecule has 0 spiro atoms. The van der Waals surface area contributed by atoms with Gasteiger partial charge in [-0.1, -0.05) is 12.1 Å². The Bertz CT molecular complexity index is 1080. The van der Waals surface area contributed by atoms with Crippen molar-refractivity contribution in [2.24, 2.45) is 0 Å². The Morgan fingerprint density at radius 3 is 1.97 bits per heavy atom. The van der Waals surface area contributed by atoms with Crippen molar-refractivity contribution < 1.29 is 22.7 Å². The molecule has 0 unspecified atom stereocenters. The lowest BCUT2D eigenvalue weighted by atomic mass is 9.98. The molecule has 2 amide bonds. The highest BCUT2D eigenvalue weighted by molar-refractivity contribution is 7.90. The maximum Gasteiger partial charge on any atom is 0.333 e. The number of hydrogen-bond acceptors (Lipinski definition) is 4. The topological polar surface area (TPSA) is 95.5 Å². The Kier molecular flexibility index (Phi) is 5.10. The van der Waals surface area contributed by atoms with Gasteiger partial charge >= 0.3 is 6.03 Å². The van der Waals surface area contributed by atoms with Gasteiger partial charge in [0.05, 0.1) is 10.5 Å². The van der Waals surface area contributed by atoms with E-state index in [4.69, 9.17) is 0 Å². The van der Waals surface area contributed by atoms with Crippen LogP contribution in [0.25, 0.3) is 0 Å². The van der Waals surface area contributed by atoms with Crippen LogP contribution in [-0.2, 0) is 41.3 Å². The molecule has 2 aromatic rings. The zero-order valence-corrected chi connectivity index (χ0v) is 17.8. The number of carbonyl (C=O) groups is 1. The van der Waals surface area contributed by atoms with E-state index in [1.54, 1.807) is 13.8 Å². The third-order valence-corrected chi connectivity index (χ3v) is 7.25. The van der Waals surface area contributed by atoms with E-state index in [1.807, 2.05) is 4.72 Å². The predicted molar refractivity (Wildman–Crippen MR) is 111 cm³/mol. The van der Waals surface area contributed by atoms with E-state index in [9.17, 15) is 22.7 Å². The maximum absolute atomic E-state index is 14.8. The molecule has 0 saturated heterocycles. The van der Waals surface area contributed by atoms with Crippen LogP contribution in [0.4, 0.5) is 14.9 Å². The van der Waals surface area contributed by atoms with Gasteiger partial charge in [-0.05, 0) is 92.3 Å². The molecule has 3 N–H and O–H groups in total. The van der Waals surface area contributed by atoms with Crippen LogP contribution < -0.4 is 10.0 Å². The Hall–Kier alpha value is -2.45. The molecule has 6 nitrogen and oxygen atoms in total. The van der Waals surface area contributed by atoms with Crippen LogP contribution in [0.15, 0.2) is 29.2 Å². The number of sulfonamides is 1. The van der Waals surface area contributed by atoms with Gasteiger partial charge in [0.25, 0.3) is 10.0 Å². The molecule has 2 aliphatic carbocycles. The summed E-state index contributed by atoms with van der Waals surface area (Å²) in [4.78, 5) is 12.5. The maximum atomic E-state index is 14.8. The van der Waals surface area contributed by atoms with Gasteiger partial charge < -0.3 is 10.4 Å². The summed E-state index contributed by atoms with van der Waals surface area (Å²) in [6.45, 7) is 3.20. The fourth-order valence-corrected chi connectivity index (χ4v) is 5.31. The average Bonchev–Trinajstić information content (AvgIpc) is 3.34. The fourth-order valence-electron chi connectivity index (χ4n) is 4.40. The number of amides is 2. The summed E-state index contributed by atoms with van der Waals surface area (Å²) < 4.78 is 42.0. The first-order valence-electron chi connectivity index (χ1n) is 10.1. The largest absolute Gasteiger partial charge is 0.386 e. The number of hydrogen-bond donors (Lipinski definition) is 3. The summed E-state index contributed by atoms with van der Waals surface area (Å²) in [5, 5.41) is 12.7. The van der Waals surface area contributed by atoms with Crippen LogP contribution in [0.2, 0.25) is 0 Å². The summed E-state index contributed by atoms with van der Waals surface area (Å²) in [6, 6.07) is 4.83. The minimum absolute atomic E-state index is 0.0831. The van der Waals surface area contributed by atoms with Gasteiger partial charge in [0.15, 0.2) is 0 Å². The van der Waals surface area contributed by atoms with Crippen LogP contribution in [-0.4, -0.2) is 19.6 Å².